The Morgan fingerprint density at radius 3 is 2.36 bits per heavy atom. The summed E-state index contributed by atoms with van der Waals surface area (Å²) in [5.41, 5.74) is -1.25. The highest BCUT2D eigenvalue weighted by Crippen LogP contribution is 2.43. The van der Waals surface area contributed by atoms with E-state index in [4.69, 9.17) is 4.74 Å². The Hall–Kier alpha value is -3.15. The number of benzene rings is 1. The first-order valence-electron chi connectivity index (χ1n) is 11.1. The molecule has 2 fully saturated rings. The minimum atomic E-state index is -4.65. The molecule has 5 rings (SSSR count). The lowest BCUT2D eigenvalue weighted by molar-refractivity contribution is -0.138. The van der Waals surface area contributed by atoms with Crippen molar-refractivity contribution in [2.75, 3.05) is 0 Å². The van der Waals surface area contributed by atoms with E-state index < -0.39 is 23.3 Å². The van der Waals surface area contributed by atoms with Gasteiger partial charge in [0, 0.05) is 12.6 Å². The fourth-order valence-corrected chi connectivity index (χ4v) is 4.69. The molecule has 0 aliphatic heterocycles. The number of rotatable bonds is 5. The molecule has 0 saturated heterocycles. The Labute approximate surface area is 188 Å². The normalized spacial score (nSPS) is 23.4. The third-order valence-corrected chi connectivity index (χ3v) is 6.75. The lowest BCUT2D eigenvalue weighted by Crippen LogP contribution is -2.35. The molecule has 2 saturated carbocycles. The number of hydrogen-bond acceptors (Lipinski definition) is 4. The van der Waals surface area contributed by atoms with Gasteiger partial charge in [-0.05, 0) is 68.2 Å². The molecule has 2 aliphatic carbocycles. The van der Waals surface area contributed by atoms with E-state index in [1.165, 1.54) is 22.6 Å². The summed E-state index contributed by atoms with van der Waals surface area (Å²) in [4.78, 5) is 0. The van der Waals surface area contributed by atoms with Gasteiger partial charge in [0.25, 0.3) is 0 Å². The van der Waals surface area contributed by atoms with E-state index in [9.17, 15) is 22.8 Å². The van der Waals surface area contributed by atoms with Crippen molar-refractivity contribution < 1.29 is 22.3 Å². The van der Waals surface area contributed by atoms with Crippen LogP contribution in [0.2, 0.25) is 0 Å². The third kappa shape index (κ3) is 4.14. The summed E-state index contributed by atoms with van der Waals surface area (Å²) in [7, 11) is 0. The molecule has 2 aromatic heterocycles. The van der Waals surface area contributed by atoms with Crippen LogP contribution in [0.4, 0.5) is 17.6 Å². The maximum absolute atomic E-state index is 14.0. The largest absolute Gasteiger partial charge is 0.490 e. The van der Waals surface area contributed by atoms with Gasteiger partial charge in [-0.1, -0.05) is 12.1 Å². The maximum atomic E-state index is 14.0. The highest BCUT2D eigenvalue weighted by atomic mass is 19.4. The summed E-state index contributed by atoms with van der Waals surface area (Å²) in [5, 5.41) is 17.7. The van der Waals surface area contributed by atoms with E-state index >= 15 is 0 Å². The molecular formula is C24H22F4N4O. The van der Waals surface area contributed by atoms with Crippen LogP contribution in [0.1, 0.15) is 55.5 Å². The second kappa shape index (κ2) is 8.01. The number of nitriles is 1. The van der Waals surface area contributed by atoms with Crippen molar-refractivity contribution in [1.82, 2.24) is 14.6 Å². The van der Waals surface area contributed by atoms with E-state index in [-0.39, 0.29) is 17.2 Å². The Balaban J connectivity index is 1.38. The summed E-state index contributed by atoms with van der Waals surface area (Å²) in [5.74, 6) is 0.344. The van der Waals surface area contributed by atoms with Gasteiger partial charge in [-0.15, -0.1) is 10.2 Å². The molecule has 0 bridgehead atoms. The van der Waals surface area contributed by atoms with Crippen molar-refractivity contribution in [3.8, 4) is 11.8 Å². The van der Waals surface area contributed by atoms with Gasteiger partial charge in [0.2, 0.25) is 0 Å². The van der Waals surface area contributed by atoms with Crippen LogP contribution in [0, 0.1) is 23.1 Å². The van der Waals surface area contributed by atoms with Gasteiger partial charge in [-0.3, -0.25) is 4.40 Å². The fourth-order valence-electron chi connectivity index (χ4n) is 4.69. The minimum absolute atomic E-state index is 0.246. The average molecular weight is 458 g/mol. The molecule has 0 amide bonds. The zero-order valence-corrected chi connectivity index (χ0v) is 17.8. The lowest BCUT2D eigenvalue weighted by atomic mass is 9.70. The van der Waals surface area contributed by atoms with Crippen LogP contribution < -0.4 is 4.74 Å². The van der Waals surface area contributed by atoms with Gasteiger partial charge in [-0.2, -0.15) is 18.4 Å². The number of hydrogen-bond donors (Lipinski definition) is 0. The number of aromatic nitrogens is 3. The summed E-state index contributed by atoms with van der Waals surface area (Å²) in [6.07, 6.45) is 0.808. The monoisotopic (exact) mass is 458 g/mol. The molecule has 0 unspecified atom stereocenters. The van der Waals surface area contributed by atoms with E-state index in [1.54, 1.807) is 18.3 Å². The topological polar surface area (TPSA) is 63.2 Å². The molecule has 3 aromatic rings. The standard InChI is InChI=1S/C24H22F4N4O/c25-17-5-3-16(4-6-17)23(14-29)10-7-18(8-11-23)33-19-9-12-32-20(13-15-1-2-15)30-31-22(32)21(19)24(26,27)28/h3-6,9,12,15,18H,1-2,7-8,10-11,13H2/t18-,23+. The van der Waals surface area contributed by atoms with Gasteiger partial charge in [-0.25, -0.2) is 4.39 Å². The van der Waals surface area contributed by atoms with E-state index in [1.807, 2.05) is 0 Å². The summed E-state index contributed by atoms with van der Waals surface area (Å²) in [6.45, 7) is 0. The first kappa shape index (κ1) is 21.7. The average Bonchev–Trinajstić information content (AvgIpc) is 3.52. The van der Waals surface area contributed by atoms with E-state index in [0.717, 1.165) is 12.8 Å². The number of fused-ring (bicyclic) bond motifs is 1. The molecule has 9 heteroatoms. The van der Waals surface area contributed by atoms with Crippen LogP contribution in [0.5, 0.6) is 5.75 Å². The van der Waals surface area contributed by atoms with Gasteiger partial charge in [0.1, 0.15) is 23.0 Å². The van der Waals surface area contributed by atoms with Gasteiger partial charge < -0.3 is 4.74 Å². The van der Waals surface area contributed by atoms with E-state index in [0.29, 0.717) is 49.4 Å². The van der Waals surface area contributed by atoms with Crippen molar-refractivity contribution >= 4 is 5.65 Å². The van der Waals surface area contributed by atoms with Gasteiger partial charge >= 0.3 is 6.18 Å². The molecule has 0 spiro atoms. The number of alkyl halides is 3. The summed E-state index contributed by atoms with van der Waals surface area (Å²) < 4.78 is 62.6. The van der Waals surface area contributed by atoms with Gasteiger partial charge in [0.05, 0.1) is 17.6 Å². The quantitative estimate of drug-likeness (QED) is 0.466. The molecule has 1 aromatic carbocycles. The number of ether oxygens (including phenoxy) is 1. The lowest BCUT2D eigenvalue weighted by Gasteiger charge is -2.35. The summed E-state index contributed by atoms with van der Waals surface area (Å²) in [6, 6.07) is 9.51. The smallest absolute Gasteiger partial charge is 0.423 e. The highest BCUT2D eigenvalue weighted by molar-refractivity contribution is 5.57. The predicted molar refractivity (Wildman–Crippen MR) is 111 cm³/mol. The Morgan fingerprint density at radius 1 is 1.06 bits per heavy atom. The van der Waals surface area contributed by atoms with Crippen molar-refractivity contribution in [3.05, 3.63) is 59.3 Å². The van der Waals surface area contributed by atoms with E-state index in [2.05, 4.69) is 16.3 Å². The fraction of sp³-hybridized carbons (Fsp3) is 0.458. The molecule has 5 nitrogen and oxygen atoms in total. The van der Waals surface area contributed by atoms with Crippen LogP contribution in [0.25, 0.3) is 5.65 Å². The molecule has 2 aliphatic rings. The molecule has 0 N–H and O–H groups in total. The van der Waals surface area contributed by atoms with Crippen molar-refractivity contribution in [2.45, 2.75) is 62.6 Å². The van der Waals surface area contributed by atoms with Crippen molar-refractivity contribution in [2.24, 2.45) is 5.92 Å². The second-order valence-corrected chi connectivity index (χ2v) is 9.03. The van der Waals surface area contributed by atoms with Crippen LogP contribution in [-0.2, 0) is 18.0 Å². The molecule has 172 valence electrons. The van der Waals surface area contributed by atoms with Gasteiger partial charge in [0.15, 0.2) is 5.65 Å². The zero-order valence-electron chi connectivity index (χ0n) is 17.8. The van der Waals surface area contributed by atoms with Crippen molar-refractivity contribution in [3.63, 3.8) is 0 Å². The zero-order chi connectivity index (χ0) is 23.2. The van der Waals surface area contributed by atoms with Crippen LogP contribution in [0.3, 0.4) is 0 Å². The number of nitrogens with zero attached hydrogens (tertiary/aromatic N) is 4. The molecule has 0 radical (unpaired) electrons. The molecule has 0 atom stereocenters. The van der Waals surface area contributed by atoms with Crippen LogP contribution in [0.15, 0.2) is 36.5 Å². The molecule has 2 heterocycles. The minimum Gasteiger partial charge on any atom is -0.490 e. The summed E-state index contributed by atoms with van der Waals surface area (Å²) >= 11 is 0. The first-order chi connectivity index (χ1) is 15.8. The van der Waals surface area contributed by atoms with Crippen molar-refractivity contribution in [1.29, 1.82) is 5.26 Å². The Kier molecular flexibility index (Phi) is 5.26. The van der Waals surface area contributed by atoms with Crippen LogP contribution >= 0.6 is 0 Å². The number of pyridine rings is 1. The SMILES string of the molecule is N#C[C@]1(c2ccc(F)cc2)CC[C@@H](Oc2ccn3c(CC4CC4)nnc3c2C(F)(F)F)CC1. The first-order valence-corrected chi connectivity index (χ1v) is 11.1. The highest BCUT2D eigenvalue weighted by Gasteiger charge is 2.41. The molecular weight excluding hydrogens is 436 g/mol. The number of halogens is 4. The molecule has 33 heavy (non-hydrogen) atoms. The maximum Gasteiger partial charge on any atom is 0.423 e. The Bertz CT molecular complexity index is 1200. The second-order valence-electron chi connectivity index (χ2n) is 9.03. The Morgan fingerprint density at radius 2 is 1.76 bits per heavy atom. The predicted octanol–water partition coefficient (Wildman–Crippen LogP) is 5.62. The third-order valence-electron chi connectivity index (χ3n) is 6.75. The van der Waals surface area contributed by atoms with Crippen LogP contribution in [-0.4, -0.2) is 20.7 Å².